The first-order valence-corrected chi connectivity index (χ1v) is 8.54. The second-order valence-corrected chi connectivity index (χ2v) is 6.98. The molecule has 0 amide bonds. The first-order valence-electron chi connectivity index (χ1n) is 8.54. The molecule has 0 aliphatic carbocycles. The van der Waals surface area contributed by atoms with Gasteiger partial charge in [-0.05, 0) is 42.0 Å². The van der Waals surface area contributed by atoms with Crippen LogP contribution in [0, 0.1) is 5.92 Å². The van der Waals surface area contributed by atoms with Gasteiger partial charge < -0.3 is 5.32 Å². The summed E-state index contributed by atoms with van der Waals surface area (Å²) >= 11 is 0. The predicted octanol–water partition coefficient (Wildman–Crippen LogP) is 3.87. The van der Waals surface area contributed by atoms with Gasteiger partial charge in [-0.25, -0.2) is 0 Å². The number of rotatable bonds is 3. The van der Waals surface area contributed by atoms with Crippen LogP contribution in [0.4, 0.5) is 0 Å². The maximum atomic E-state index is 12.7. The average molecular weight is 293 g/mol. The van der Waals surface area contributed by atoms with Gasteiger partial charge in [-0.3, -0.25) is 4.79 Å². The number of nitrogens with one attached hydrogen (secondary N) is 1. The van der Waals surface area contributed by atoms with Crippen molar-refractivity contribution >= 4 is 16.6 Å². The van der Waals surface area contributed by atoms with Crippen molar-refractivity contribution in [2.24, 2.45) is 5.92 Å². The largest absolute Gasteiger partial charge is 0.311 e. The highest BCUT2D eigenvalue weighted by atomic mass is 16.1. The minimum atomic E-state index is 0.267. The zero-order chi connectivity index (χ0) is 14.9. The van der Waals surface area contributed by atoms with E-state index in [-0.39, 0.29) is 5.92 Å². The number of carbonyl (C=O) groups excluding carboxylic acids is 1. The summed E-state index contributed by atoms with van der Waals surface area (Å²) in [6, 6.07) is 15.9. The highest BCUT2D eigenvalue weighted by molar-refractivity contribution is 5.87. The smallest absolute Gasteiger partial charge is 0.140 e. The quantitative estimate of drug-likeness (QED) is 0.930. The third-order valence-corrected chi connectivity index (χ3v) is 5.36. The molecule has 0 spiro atoms. The fourth-order valence-corrected chi connectivity index (χ4v) is 4.22. The molecular formula is C20H23NO. The van der Waals surface area contributed by atoms with Crippen LogP contribution in [-0.2, 0) is 11.2 Å². The summed E-state index contributed by atoms with van der Waals surface area (Å²) in [7, 11) is 0. The Bertz CT molecular complexity index is 681. The lowest BCUT2D eigenvalue weighted by atomic mass is 9.77. The molecule has 0 aromatic heterocycles. The summed E-state index contributed by atoms with van der Waals surface area (Å²) in [5.41, 5.74) is 1.16. The van der Waals surface area contributed by atoms with Crippen LogP contribution in [0.2, 0.25) is 0 Å². The Morgan fingerprint density at radius 2 is 1.73 bits per heavy atom. The molecule has 2 atom stereocenters. The lowest BCUT2D eigenvalue weighted by molar-refractivity contribution is -0.124. The number of piperidine rings is 2. The summed E-state index contributed by atoms with van der Waals surface area (Å²) in [5.74, 6) is 0.705. The van der Waals surface area contributed by atoms with Gasteiger partial charge in [-0.15, -0.1) is 0 Å². The fourth-order valence-electron chi connectivity index (χ4n) is 4.22. The van der Waals surface area contributed by atoms with Gasteiger partial charge in [0.15, 0.2) is 0 Å². The molecule has 2 aromatic carbocycles. The van der Waals surface area contributed by atoms with Gasteiger partial charge in [-0.1, -0.05) is 48.9 Å². The van der Waals surface area contributed by atoms with Crippen molar-refractivity contribution in [1.82, 2.24) is 5.32 Å². The number of hydrogen-bond acceptors (Lipinski definition) is 2. The molecule has 4 rings (SSSR count). The van der Waals surface area contributed by atoms with E-state index in [1.807, 2.05) is 0 Å². The van der Waals surface area contributed by atoms with Crippen molar-refractivity contribution in [2.75, 3.05) is 0 Å². The summed E-state index contributed by atoms with van der Waals surface area (Å²) in [5, 5.41) is 6.15. The molecule has 2 aliphatic heterocycles. The molecule has 2 fully saturated rings. The highest BCUT2D eigenvalue weighted by Crippen LogP contribution is 2.31. The van der Waals surface area contributed by atoms with Gasteiger partial charge in [0, 0.05) is 24.4 Å². The fraction of sp³-hybridized carbons (Fsp3) is 0.450. The summed E-state index contributed by atoms with van der Waals surface area (Å²) in [4.78, 5) is 12.7. The van der Waals surface area contributed by atoms with Gasteiger partial charge in [0.1, 0.15) is 5.78 Å². The highest BCUT2D eigenvalue weighted by Gasteiger charge is 2.34. The lowest BCUT2D eigenvalue weighted by Gasteiger charge is -2.39. The van der Waals surface area contributed by atoms with Crippen LogP contribution >= 0.6 is 0 Å². The summed E-state index contributed by atoms with van der Waals surface area (Å²) in [6.45, 7) is 0. The molecule has 2 aromatic rings. The zero-order valence-electron chi connectivity index (χ0n) is 12.9. The number of benzene rings is 2. The van der Waals surface area contributed by atoms with Gasteiger partial charge in [0.2, 0.25) is 0 Å². The molecule has 0 radical (unpaired) electrons. The number of carbonyl (C=O) groups is 1. The van der Waals surface area contributed by atoms with Crippen molar-refractivity contribution in [3.05, 3.63) is 48.0 Å². The Morgan fingerprint density at radius 1 is 1.00 bits per heavy atom. The first-order chi connectivity index (χ1) is 10.8. The Kier molecular flexibility index (Phi) is 3.71. The molecule has 114 valence electrons. The van der Waals surface area contributed by atoms with Crippen molar-refractivity contribution in [3.63, 3.8) is 0 Å². The molecule has 2 aliphatic rings. The van der Waals surface area contributed by atoms with E-state index in [4.69, 9.17) is 0 Å². The van der Waals surface area contributed by atoms with Crippen LogP contribution in [0.25, 0.3) is 10.8 Å². The van der Waals surface area contributed by atoms with Gasteiger partial charge in [0.05, 0.1) is 0 Å². The van der Waals surface area contributed by atoms with Crippen LogP contribution in [0.15, 0.2) is 42.5 Å². The minimum Gasteiger partial charge on any atom is -0.311 e. The van der Waals surface area contributed by atoms with Gasteiger partial charge in [-0.2, -0.15) is 0 Å². The maximum absolute atomic E-state index is 12.7. The van der Waals surface area contributed by atoms with E-state index in [1.54, 1.807) is 0 Å². The van der Waals surface area contributed by atoms with E-state index in [2.05, 4.69) is 47.8 Å². The number of fused-ring (bicyclic) bond motifs is 3. The van der Waals surface area contributed by atoms with Crippen molar-refractivity contribution in [2.45, 2.75) is 50.6 Å². The Hall–Kier alpha value is -1.67. The molecule has 2 nitrogen and oxygen atoms in total. The average Bonchev–Trinajstić information content (AvgIpc) is 2.54. The first kappa shape index (κ1) is 14.0. The lowest BCUT2D eigenvalue weighted by Crippen LogP contribution is -2.50. The van der Waals surface area contributed by atoms with Gasteiger partial charge >= 0.3 is 0 Å². The van der Waals surface area contributed by atoms with Crippen molar-refractivity contribution in [1.29, 1.82) is 0 Å². The topological polar surface area (TPSA) is 29.1 Å². The molecule has 2 heterocycles. The van der Waals surface area contributed by atoms with E-state index in [9.17, 15) is 4.79 Å². The number of ketones is 1. The van der Waals surface area contributed by atoms with Crippen LogP contribution in [-0.4, -0.2) is 17.9 Å². The number of Topliss-reactive ketones (excluding diaryl/α,β-unsaturated/α-hetero) is 1. The molecular weight excluding hydrogens is 270 g/mol. The standard InChI is InChI=1S/C20H23NO/c22-20(17-12-18-6-3-7-19(13-17)21-18)11-14-8-9-15-4-1-2-5-16(15)10-14/h1-2,4-5,8-10,17-19,21H,3,6-7,11-13H2. The van der Waals surface area contributed by atoms with Crippen LogP contribution < -0.4 is 5.32 Å². The van der Waals surface area contributed by atoms with E-state index < -0.39 is 0 Å². The second-order valence-electron chi connectivity index (χ2n) is 6.98. The SMILES string of the molecule is O=C(Cc1ccc2ccccc2c1)C1CC2CCCC(C1)N2. The van der Waals surface area contributed by atoms with Crippen LogP contribution in [0.5, 0.6) is 0 Å². The van der Waals surface area contributed by atoms with E-state index in [1.165, 1.54) is 30.0 Å². The van der Waals surface area contributed by atoms with E-state index >= 15 is 0 Å². The zero-order valence-corrected chi connectivity index (χ0v) is 12.9. The summed E-state index contributed by atoms with van der Waals surface area (Å²) in [6.07, 6.45) is 6.50. The van der Waals surface area contributed by atoms with Crippen molar-refractivity contribution < 1.29 is 4.79 Å². The molecule has 1 N–H and O–H groups in total. The molecule has 0 saturated carbocycles. The van der Waals surface area contributed by atoms with Crippen LogP contribution in [0.3, 0.4) is 0 Å². The maximum Gasteiger partial charge on any atom is 0.140 e. The van der Waals surface area contributed by atoms with Crippen LogP contribution in [0.1, 0.15) is 37.7 Å². The van der Waals surface area contributed by atoms with E-state index in [0.29, 0.717) is 24.3 Å². The summed E-state index contributed by atoms with van der Waals surface area (Å²) < 4.78 is 0. The van der Waals surface area contributed by atoms with E-state index in [0.717, 1.165) is 18.4 Å². The third kappa shape index (κ3) is 2.80. The second kappa shape index (κ2) is 5.85. The number of hydrogen-bond donors (Lipinski definition) is 1. The predicted molar refractivity (Wildman–Crippen MR) is 89.9 cm³/mol. The normalized spacial score (nSPS) is 27.7. The molecule has 2 bridgehead atoms. The molecule has 2 unspecified atom stereocenters. The Balaban J connectivity index is 1.48. The minimum absolute atomic E-state index is 0.267. The molecule has 2 saturated heterocycles. The monoisotopic (exact) mass is 293 g/mol. The van der Waals surface area contributed by atoms with Crippen molar-refractivity contribution in [3.8, 4) is 0 Å². The molecule has 2 heteroatoms. The molecule has 22 heavy (non-hydrogen) atoms. The Morgan fingerprint density at radius 3 is 2.50 bits per heavy atom. The van der Waals surface area contributed by atoms with Gasteiger partial charge in [0.25, 0.3) is 0 Å². The third-order valence-electron chi connectivity index (χ3n) is 5.36. The Labute approximate surface area is 131 Å².